The number of benzene rings is 2. The molecule has 0 spiro atoms. The Morgan fingerprint density at radius 3 is 2.12 bits per heavy atom. The number of hydroxylamine groups is 1. The molecule has 4 N–H and O–H groups in total. The number of carbonyl (C=O) groups excluding carboxylic acids is 2. The fraction of sp³-hybridized carbons (Fsp3) is 0. The third-order valence-electron chi connectivity index (χ3n) is 3.21. The molecule has 5 nitrogen and oxygen atoms in total. The van der Waals surface area contributed by atoms with E-state index < -0.39 is 17.6 Å². The van der Waals surface area contributed by atoms with Crippen LogP contribution in [0.2, 0.25) is 0 Å². The molecule has 2 aromatic rings. The molecule has 0 aromatic heterocycles. The molecule has 0 fully saturated rings. The summed E-state index contributed by atoms with van der Waals surface area (Å²) in [6, 6.07) is 12.4. The van der Waals surface area contributed by atoms with Crippen molar-refractivity contribution in [2.75, 3.05) is 0 Å². The summed E-state index contributed by atoms with van der Waals surface area (Å²) in [5, 5.41) is 8.41. The Hall–Kier alpha value is -3.25. The summed E-state index contributed by atoms with van der Waals surface area (Å²) in [6.07, 6.45) is 4.30. The molecular formula is C18H15FN2O3. The van der Waals surface area contributed by atoms with Gasteiger partial charge in [0.2, 0.25) is 5.91 Å². The minimum absolute atomic E-state index is 0.262. The SMILES string of the molecule is NC(=O)C(=Cc1ccc(C=CC(=O)NO)cc1)c1ccc(F)cc1. The van der Waals surface area contributed by atoms with E-state index in [1.807, 2.05) is 0 Å². The molecular weight excluding hydrogens is 311 g/mol. The molecule has 0 saturated heterocycles. The van der Waals surface area contributed by atoms with Crippen LogP contribution < -0.4 is 11.2 Å². The van der Waals surface area contributed by atoms with Crippen LogP contribution in [0, 0.1) is 5.82 Å². The lowest BCUT2D eigenvalue weighted by Gasteiger charge is -2.04. The third-order valence-corrected chi connectivity index (χ3v) is 3.21. The number of nitrogens with one attached hydrogen (secondary N) is 1. The molecule has 0 radical (unpaired) electrons. The van der Waals surface area contributed by atoms with Gasteiger partial charge in [-0.3, -0.25) is 14.8 Å². The average Bonchev–Trinajstić information content (AvgIpc) is 2.59. The highest BCUT2D eigenvalue weighted by molar-refractivity contribution is 6.23. The van der Waals surface area contributed by atoms with E-state index in [2.05, 4.69) is 0 Å². The van der Waals surface area contributed by atoms with E-state index in [0.717, 1.165) is 11.1 Å². The van der Waals surface area contributed by atoms with Gasteiger partial charge in [0.05, 0.1) is 0 Å². The van der Waals surface area contributed by atoms with Crippen molar-refractivity contribution < 1.29 is 19.2 Å². The van der Waals surface area contributed by atoms with Gasteiger partial charge in [-0.1, -0.05) is 36.4 Å². The van der Waals surface area contributed by atoms with Gasteiger partial charge in [0.1, 0.15) is 5.82 Å². The van der Waals surface area contributed by atoms with Crippen LogP contribution in [0.3, 0.4) is 0 Å². The molecule has 0 bridgehead atoms. The van der Waals surface area contributed by atoms with Crippen LogP contribution in [-0.2, 0) is 9.59 Å². The normalized spacial score (nSPS) is 11.5. The minimum atomic E-state index is -0.633. The van der Waals surface area contributed by atoms with Crippen molar-refractivity contribution in [1.29, 1.82) is 0 Å². The van der Waals surface area contributed by atoms with E-state index in [1.54, 1.807) is 30.3 Å². The van der Waals surface area contributed by atoms with Crippen LogP contribution in [0.1, 0.15) is 16.7 Å². The Morgan fingerprint density at radius 1 is 1.00 bits per heavy atom. The molecule has 24 heavy (non-hydrogen) atoms. The van der Waals surface area contributed by atoms with E-state index in [1.165, 1.54) is 41.9 Å². The average molecular weight is 326 g/mol. The van der Waals surface area contributed by atoms with Crippen molar-refractivity contribution in [3.63, 3.8) is 0 Å². The summed E-state index contributed by atoms with van der Waals surface area (Å²) >= 11 is 0. The number of nitrogens with two attached hydrogens (primary N) is 1. The van der Waals surface area contributed by atoms with E-state index in [0.29, 0.717) is 5.56 Å². The highest BCUT2D eigenvalue weighted by Gasteiger charge is 2.08. The maximum Gasteiger partial charge on any atom is 0.267 e. The van der Waals surface area contributed by atoms with Crippen LogP contribution in [-0.4, -0.2) is 17.0 Å². The van der Waals surface area contributed by atoms with Crippen LogP contribution in [0.4, 0.5) is 4.39 Å². The Morgan fingerprint density at radius 2 is 1.58 bits per heavy atom. The minimum Gasteiger partial charge on any atom is -0.366 e. The molecule has 0 heterocycles. The second kappa shape index (κ2) is 7.85. The number of halogens is 1. The fourth-order valence-electron chi connectivity index (χ4n) is 2.01. The lowest BCUT2D eigenvalue weighted by molar-refractivity contribution is -0.124. The van der Waals surface area contributed by atoms with Gasteiger partial charge < -0.3 is 5.73 Å². The summed E-state index contributed by atoms with van der Waals surface area (Å²) in [6.45, 7) is 0. The second-order valence-electron chi connectivity index (χ2n) is 4.91. The van der Waals surface area contributed by atoms with Gasteiger partial charge in [0, 0.05) is 11.6 Å². The zero-order valence-electron chi connectivity index (χ0n) is 12.6. The molecule has 0 unspecified atom stereocenters. The molecule has 6 heteroatoms. The van der Waals surface area contributed by atoms with Gasteiger partial charge in [0.15, 0.2) is 0 Å². The smallest absolute Gasteiger partial charge is 0.267 e. The van der Waals surface area contributed by atoms with Crippen molar-refractivity contribution in [2.45, 2.75) is 0 Å². The Kier molecular flexibility index (Phi) is 5.59. The number of rotatable bonds is 5. The van der Waals surface area contributed by atoms with Gasteiger partial charge in [-0.15, -0.1) is 0 Å². The largest absolute Gasteiger partial charge is 0.366 e. The van der Waals surface area contributed by atoms with Gasteiger partial charge >= 0.3 is 0 Å². The zero-order chi connectivity index (χ0) is 17.5. The van der Waals surface area contributed by atoms with Crippen LogP contribution in [0.25, 0.3) is 17.7 Å². The van der Waals surface area contributed by atoms with Crippen LogP contribution in [0.5, 0.6) is 0 Å². The lowest BCUT2D eigenvalue weighted by Crippen LogP contribution is -2.14. The van der Waals surface area contributed by atoms with Gasteiger partial charge in [0.25, 0.3) is 5.91 Å². The summed E-state index contributed by atoms with van der Waals surface area (Å²) in [5.74, 6) is -1.65. The summed E-state index contributed by atoms with van der Waals surface area (Å²) in [4.78, 5) is 22.6. The summed E-state index contributed by atoms with van der Waals surface area (Å²) < 4.78 is 13.0. The van der Waals surface area contributed by atoms with Crippen molar-refractivity contribution >= 4 is 29.5 Å². The summed E-state index contributed by atoms with van der Waals surface area (Å²) in [7, 11) is 0. The van der Waals surface area contributed by atoms with Crippen LogP contribution >= 0.6 is 0 Å². The first-order chi connectivity index (χ1) is 11.5. The first kappa shape index (κ1) is 17.1. The first-order valence-electron chi connectivity index (χ1n) is 6.99. The number of primary amides is 1. The fourth-order valence-corrected chi connectivity index (χ4v) is 2.01. The maximum absolute atomic E-state index is 13.0. The number of hydrogen-bond donors (Lipinski definition) is 3. The first-order valence-corrected chi connectivity index (χ1v) is 6.99. The highest BCUT2D eigenvalue weighted by Crippen LogP contribution is 2.19. The van der Waals surface area contributed by atoms with E-state index in [9.17, 15) is 14.0 Å². The van der Waals surface area contributed by atoms with Crippen molar-refractivity contribution in [3.05, 3.63) is 77.1 Å². The lowest BCUT2D eigenvalue weighted by atomic mass is 10.0. The number of hydrogen-bond acceptors (Lipinski definition) is 3. The molecule has 0 saturated carbocycles. The van der Waals surface area contributed by atoms with E-state index in [4.69, 9.17) is 10.9 Å². The maximum atomic E-state index is 13.0. The predicted octanol–water partition coefficient (Wildman–Crippen LogP) is 2.37. The Balaban J connectivity index is 2.27. The van der Waals surface area contributed by atoms with Crippen molar-refractivity contribution in [3.8, 4) is 0 Å². The predicted molar refractivity (Wildman–Crippen MR) is 88.9 cm³/mol. The molecule has 0 atom stereocenters. The van der Waals surface area contributed by atoms with Gasteiger partial charge in [-0.25, -0.2) is 9.87 Å². The van der Waals surface area contributed by atoms with Crippen LogP contribution in [0.15, 0.2) is 54.6 Å². The van der Waals surface area contributed by atoms with Gasteiger partial charge in [-0.05, 0) is 41.0 Å². The molecule has 2 aromatic carbocycles. The molecule has 0 aliphatic heterocycles. The summed E-state index contributed by atoms with van der Waals surface area (Å²) in [5.41, 5.74) is 9.13. The highest BCUT2D eigenvalue weighted by atomic mass is 19.1. The standard InChI is InChI=1S/C18H15FN2O3/c19-15-8-6-14(7-9-15)16(18(20)23)11-13-3-1-12(2-4-13)5-10-17(22)21-24/h1-11,24H,(H2,20,23)(H,21,22). The van der Waals surface area contributed by atoms with E-state index >= 15 is 0 Å². The molecule has 0 aliphatic carbocycles. The monoisotopic (exact) mass is 326 g/mol. The molecule has 0 aliphatic rings. The molecule has 2 amide bonds. The zero-order valence-corrected chi connectivity index (χ0v) is 12.6. The topological polar surface area (TPSA) is 92.4 Å². The Labute approximate surface area is 137 Å². The molecule has 2 rings (SSSR count). The molecule has 122 valence electrons. The number of amides is 2. The van der Waals surface area contributed by atoms with E-state index in [-0.39, 0.29) is 5.57 Å². The van der Waals surface area contributed by atoms with Crippen molar-refractivity contribution in [1.82, 2.24) is 5.48 Å². The second-order valence-corrected chi connectivity index (χ2v) is 4.91. The number of carbonyl (C=O) groups is 2. The Bertz CT molecular complexity index is 794. The quantitative estimate of drug-likeness (QED) is 0.341. The van der Waals surface area contributed by atoms with Gasteiger partial charge in [-0.2, -0.15) is 0 Å². The van der Waals surface area contributed by atoms with Crippen molar-refractivity contribution in [2.24, 2.45) is 5.73 Å². The third kappa shape index (κ3) is 4.62.